The average molecular weight is 471 g/mol. The second-order valence-corrected chi connectivity index (χ2v) is 9.06. The molecule has 11 heteroatoms. The Balaban J connectivity index is 1.70. The van der Waals surface area contributed by atoms with Gasteiger partial charge in [0.1, 0.15) is 11.6 Å². The number of nitrogens with one attached hydrogen (secondary N) is 1. The summed E-state index contributed by atoms with van der Waals surface area (Å²) in [6.07, 6.45) is 0.560. The third kappa shape index (κ3) is 4.10. The van der Waals surface area contributed by atoms with E-state index in [0.29, 0.717) is 12.1 Å². The maximum Gasteiger partial charge on any atom is 0.271 e. The number of nitro benzene ring substituents is 1. The van der Waals surface area contributed by atoms with E-state index in [1.807, 2.05) is 12.1 Å². The average Bonchev–Trinajstić information content (AvgIpc) is 3.25. The summed E-state index contributed by atoms with van der Waals surface area (Å²) in [5, 5.41) is 13.2. The maximum atomic E-state index is 14.1. The second-order valence-electron chi connectivity index (χ2n) is 7.19. The predicted octanol–water partition coefficient (Wildman–Crippen LogP) is 3.75. The number of nitrogens with zero attached hydrogens (tertiary/aromatic N) is 2. The number of anilines is 2. The number of nitro groups is 1. The van der Waals surface area contributed by atoms with Crippen molar-refractivity contribution in [2.45, 2.75) is 11.3 Å². The van der Waals surface area contributed by atoms with Gasteiger partial charge in [-0.15, -0.1) is 0 Å². The van der Waals surface area contributed by atoms with Crippen molar-refractivity contribution in [1.29, 1.82) is 0 Å². The summed E-state index contributed by atoms with van der Waals surface area (Å²) in [4.78, 5) is 23.0. The number of benzene rings is 3. The van der Waals surface area contributed by atoms with Crippen LogP contribution in [-0.4, -0.2) is 32.9 Å². The number of hydrogen-bond acceptors (Lipinski definition) is 6. The van der Waals surface area contributed by atoms with Gasteiger partial charge in [-0.3, -0.25) is 19.2 Å². The number of halogens is 1. The number of non-ortho nitro benzene ring substituents is 1. The lowest BCUT2D eigenvalue weighted by molar-refractivity contribution is -0.384. The van der Waals surface area contributed by atoms with Crippen molar-refractivity contribution in [3.8, 4) is 5.75 Å². The molecule has 0 spiro atoms. The zero-order valence-electron chi connectivity index (χ0n) is 17.3. The van der Waals surface area contributed by atoms with Crippen LogP contribution in [0.15, 0.2) is 65.6 Å². The van der Waals surface area contributed by atoms with Crippen molar-refractivity contribution >= 4 is 33.0 Å². The van der Waals surface area contributed by atoms with Crippen LogP contribution in [0.4, 0.5) is 21.5 Å². The number of ether oxygens (including phenoxy) is 1. The van der Waals surface area contributed by atoms with Gasteiger partial charge in [0.15, 0.2) is 0 Å². The monoisotopic (exact) mass is 471 g/mol. The van der Waals surface area contributed by atoms with Crippen LogP contribution in [0.5, 0.6) is 5.75 Å². The summed E-state index contributed by atoms with van der Waals surface area (Å²) < 4.78 is 47.2. The highest BCUT2D eigenvalue weighted by Crippen LogP contribution is 2.34. The second kappa shape index (κ2) is 8.51. The molecule has 0 aromatic heterocycles. The van der Waals surface area contributed by atoms with Crippen LogP contribution in [0.2, 0.25) is 0 Å². The van der Waals surface area contributed by atoms with E-state index in [-0.39, 0.29) is 22.8 Å². The van der Waals surface area contributed by atoms with Gasteiger partial charge < -0.3 is 10.1 Å². The molecule has 3 aromatic rings. The summed E-state index contributed by atoms with van der Waals surface area (Å²) in [6.45, 7) is 0.258. The molecule has 0 radical (unpaired) electrons. The Morgan fingerprint density at radius 2 is 1.91 bits per heavy atom. The summed E-state index contributed by atoms with van der Waals surface area (Å²) in [7, 11) is -2.70. The highest BCUT2D eigenvalue weighted by Gasteiger charge is 2.31. The van der Waals surface area contributed by atoms with E-state index in [1.54, 1.807) is 12.1 Å². The molecule has 1 aliphatic rings. The quantitative estimate of drug-likeness (QED) is 0.432. The van der Waals surface area contributed by atoms with Gasteiger partial charge in [0.2, 0.25) is 0 Å². The Bertz CT molecular complexity index is 1380. The van der Waals surface area contributed by atoms with Crippen LogP contribution in [-0.2, 0) is 16.4 Å². The first-order valence-corrected chi connectivity index (χ1v) is 11.2. The standard InChI is InChI=1S/C22H18FN3O6S/c1-32-21-9-7-16(33(30,31)25-11-10-14-4-2-3-5-20(14)25)13-17(21)22(27)24-19-12-15(26(28)29)6-8-18(19)23/h2-9,12-13H,10-11H2,1H3,(H,24,27). The minimum absolute atomic E-state index is 0.0547. The van der Waals surface area contributed by atoms with Gasteiger partial charge in [-0.1, -0.05) is 18.2 Å². The van der Waals surface area contributed by atoms with E-state index >= 15 is 0 Å². The van der Waals surface area contributed by atoms with Gasteiger partial charge in [-0.05, 0) is 42.3 Å². The molecule has 33 heavy (non-hydrogen) atoms. The molecular weight excluding hydrogens is 453 g/mol. The molecular formula is C22H18FN3O6S. The van der Waals surface area contributed by atoms with Crippen molar-refractivity contribution in [2.24, 2.45) is 0 Å². The topological polar surface area (TPSA) is 119 Å². The molecule has 0 fully saturated rings. The smallest absolute Gasteiger partial charge is 0.271 e. The highest BCUT2D eigenvalue weighted by molar-refractivity contribution is 7.92. The first kappa shape index (κ1) is 22.2. The molecule has 0 atom stereocenters. The van der Waals surface area contributed by atoms with E-state index in [0.717, 1.165) is 29.8 Å². The molecule has 9 nitrogen and oxygen atoms in total. The number of fused-ring (bicyclic) bond motifs is 1. The molecule has 170 valence electrons. The van der Waals surface area contributed by atoms with Gasteiger partial charge in [-0.2, -0.15) is 0 Å². The molecule has 0 bridgehead atoms. The van der Waals surface area contributed by atoms with Crippen LogP contribution in [0.3, 0.4) is 0 Å². The summed E-state index contributed by atoms with van der Waals surface area (Å²) in [6, 6.07) is 13.6. The molecule has 1 amide bonds. The number of amides is 1. The fourth-order valence-corrected chi connectivity index (χ4v) is 5.15. The first-order valence-electron chi connectivity index (χ1n) is 9.76. The molecule has 4 rings (SSSR count). The van der Waals surface area contributed by atoms with Crippen molar-refractivity contribution < 1.29 is 27.3 Å². The van der Waals surface area contributed by atoms with Crippen LogP contribution in [0.25, 0.3) is 0 Å². The Morgan fingerprint density at radius 3 is 2.64 bits per heavy atom. The third-order valence-corrected chi connectivity index (χ3v) is 7.07. The van der Waals surface area contributed by atoms with Gasteiger partial charge >= 0.3 is 0 Å². The van der Waals surface area contributed by atoms with Gasteiger partial charge in [-0.25, -0.2) is 12.8 Å². The van der Waals surface area contributed by atoms with Crippen LogP contribution < -0.4 is 14.4 Å². The van der Waals surface area contributed by atoms with E-state index < -0.39 is 38.0 Å². The number of carbonyl (C=O) groups is 1. The maximum absolute atomic E-state index is 14.1. The lowest BCUT2D eigenvalue weighted by Gasteiger charge is -2.20. The number of para-hydroxylation sites is 1. The molecule has 0 aliphatic carbocycles. The SMILES string of the molecule is COc1ccc(S(=O)(=O)N2CCc3ccccc32)cc1C(=O)Nc1cc([N+](=O)[O-])ccc1F. The van der Waals surface area contributed by atoms with E-state index in [4.69, 9.17) is 4.74 Å². The third-order valence-electron chi connectivity index (χ3n) is 5.26. The van der Waals surface area contributed by atoms with E-state index in [9.17, 15) is 27.7 Å². The number of rotatable bonds is 6. The number of sulfonamides is 1. The Morgan fingerprint density at radius 1 is 1.15 bits per heavy atom. The van der Waals surface area contributed by atoms with Crippen LogP contribution in [0, 0.1) is 15.9 Å². The number of hydrogen-bond donors (Lipinski definition) is 1. The first-order chi connectivity index (χ1) is 15.7. The van der Waals surface area contributed by atoms with E-state index in [2.05, 4.69) is 5.32 Å². The number of carbonyl (C=O) groups excluding carboxylic acids is 1. The fourth-order valence-electron chi connectivity index (χ4n) is 3.62. The van der Waals surface area contributed by atoms with Gasteiger partial charge in [0.25, 0.3) is 21.6 Å². The zero-order chi connectivity index (χ0) is 23.8. The van der Waals surface area contributed by atoms with Crippen LogP contribution >= 0.6 is 0 Å². The Hall–Kier alpha value is -3.99. The predicted molar refractivity (Wildman–Crippen MR) is 119 cm³/mol. The Labute approximate surface area is 188 Å². The minimum atomic E-state index is -4.00. The van der Waals surface area contributed by atoms with Crippen LogP contribution in [0.1, 0.15) is 15.9 Å². The largest absolute Gasteiger partial charge is 0.496 e. The lowest BCUT2D eigenvalue weighted by Crippen LogP contribution is -2.29. The molecule has 0 saturated heterocycles. The Kier molecular flexibility index (Phi) is 5.73. The molecule has 1 N–H and O–H groups in total. The molecule has 1 aliphatic heterocycles. The van der Waals surface area contributed by atoms with E-state index in [1.165, 1.54) is 23.5 Å². The van der Waals surface area contributed by atoms with Gasteiger partial charge in [0.05, 0.1) is 33.9 Å². The fraction of sp³-hybridized carbons (Fsp3) is 0.136. The van der Waals surface area contributed by atoms with Crippen molar-refractivity contribution in [2.75, 3.05) is 23.3 Å². The molecule has 1 heterocycles. The summed E-state index contributed by atoms with van der Waals surface area (Å²) in [5.74, 6) is -1.71. The number of methoxy groups -OCH3 is 1. The normalized spacial score (nSPS) is 12.8. The zero-order valence-corrected chi connectivity index (χ0v) is 18.1. The van der Waals surface area contributed by atoms with Crippen molar-refractivity contribution in [3.63, 3.8) is 0 Å². The summed E-state index contributed by atoms with van der Waals surface area (Å²) in [5.41, 5.74) is 0.462. The van der Waals surface area contributed by atoms with Crippen molar-refractivity contribution in [3.05, 3.63) is 87.7 Å². The van der Waals surface area contributed by atoms with Gasteiger partial charge in [0, 0.05) is 18.7 Å². The van der Waals surface area contributed by atoms with Crippen molar-refractivity contribution in [1.82, 2.24) is 0 Å². The highest BCUT2D eigenvalue weighted by atomic mass is 32.2. The summed E-state index contributed by atoms with van der Waals surface area (Å²) >= 11 is 0. The lowest BCUT2D eigenvalue weighted by atomic mass is 10.1. The molecule has 0 unspecified atom stereocenters. The molecule has 3 aromatic carbocycles. The molecule has 0 saturated carbocycles. The minimum Gasteiger partial charge on any atom is -0.496 e.